The fourth-order valence-corrected chi connectivity index (χ4v) is 2.91. The number of unbranched alkanes of at least 4 members (excludes halogenated alkanes) is 1. The molecule has 0 aliphatic heterocycles. The standard InChI is InChI=1S/C20H26FN3O3S/c1-3-5-6-18-22-10-14(11-23-19(25)17(28)4-2)24(18)12-13-7-8-15(20(26)27)16(21)9-13/h7-10,17,28H,3-6,11-12H2,1-2H3,(H,23,25)(H,26,27). The van der Waals surface area contributed by atoms with Crippen LogP contribution in [0.1, 0.15) is 60.5 Å². The summed E-state index contributed by atoms with van der Waals surface area (Å²) in [4.78, 5) is 27.5. The van der Waals surface area contributed by atoms with Crippen LogP contribution in [0, 0.1) is 5.82 Å². The number of thiol groups is 1. The van der Waals surface area contributed by atoms with Crippen molar-refractivity contribution in [2.45, 2.75) is 57.9 Å². The molecule has 0 saturated carbocycles. The van der Waals surface area contributed by atoms with Gasteiger partial charge >= 0.3 is 5.97 Å². The van der Waals surface area contributed by atoms with Gasteiger partial charge in [0, 0.05) is 13.0 Å². The Balaban J connectivity index is 2.24. The van der Waals surface area contributed by atoms with Crippen LogP contribution in [-0.2, 0) is 24.3 Å². The smallest absolute Gasteiger partial charge is 0.338 e. The normalized spacial score (nSPS) is 12.0. The average molecular weight is 408 g/mol. The third-order valence-corrected chi connectivity index (χ3v) is 5.11. The van der Waals surface area contributed by atoms with Crippen molar-refractivity contribution in [3.63, 3.8) is 0 Å². The predicted molar refractivity (Wildman–Crippen MR) is 108 cm³/mol. The average Bonchev–Trinajstić information content (AvgIpc) is 3.04. The first-order valence-corrected chi connectivity index (χ1v) is 9.89. The van der Waals surface area contributed by atoms with Crippen LogP contribution in [0.25, 0.3) is 0 Å². The highest BCUT2D eigenvalue weighted by Crippen LogP contribution is 2.16. The van der Waals surface area contributed by atoms with E-state index < -0.39 is 11.8 Å². The molecule has 28 heavy (non-hydrogen) atoms. The Kier molecular flexibility index (Phi) is 8.04. The summed E-state index contributed by atoms with van der Waals surface area (Å²) >= 11 is 4.24. The van der Waals surface area contributed by atoms with Crippen LogP contribution in [0.4, 0.5) is 4.39 Å². The molecule has 1 heterocycles. The Hall–Kier alpha value is -2.35. The molecule has 0 fully saturated rings. The van der Waals surface area contributed by atoms with Crippen LogP contribution < -0.4 is 5.32 Å². The minimum Gasteiger partial charge on any atom is -0.478 e. The van der Waals surface area contributed by atoms with Gasteiger partial charge in [-0.05, 0) is 30.5 Å². The van der Waals surface area contributed by atoms with Gasteiger partial charge in [0.15, 0.2) is 0 Å². The van der Waals surface area contributed by atoms with E-state index in [1.807, 2.05) is 11.5 Å². The van der Waals surface area contributed by atoms with Crippen molar-refractivity contribution in [1.29, 1.82) is 0 Å². The molecule has 152 valence electrons. The Morgan fingerprint density at radius 3 is 2.71 bits per heavy atom. The number of carboxylic acid groups (broad SMARTS) is 1. The zero-order valence-electron chi connectivity index (χ0n) is 16.1. The van der Waals surface area contributed by atoms with Gasteiger partial charge in [0.25, 0.3) is 0 Å². The zero-order valence-corrected chi connectivity index (χ0v) is 17.0. The second-order valence-corrected chi connectivity index (χ2v) is 7.24. The molecule has 1 aromatic carbocycles. The SMILES string of the molecule is CCCCc1ncc(CNC(=O)C(S)CC)n1Cc1ccc(C(=O)O)c(F)c1. The summed E-state index contributed by atoms with van der Waals surface area (Å²) < 4.78 is 16.0. The third kappa shape index (κ3) is 5.58. The topological polar surface area (TPSA) is 84.2 Å². The largest absolute Gasteiger partial charge is 0.478 e. The lowest BCUT2D eigenvalue weighted by Crippen LogP contribution is -2.31. The molecule has 2 aromatic rings. The van der Waals surface area contributed by atoms with Crippen LogP contribution in [0.15, 0.2) is 24.4 Å². The molecule has 0 saturated heterocycles. The maximum Gasteiger partial charge on any atom is 0.338 e. The number of hydrogen-bond acceptors (Lipinski definition) is 4. The predicted octanol–water partition coefficient (Wildman–Crippen LogP) is 3.44. The van der Waals surface area contributed by atoms with Crippen molar-refractivity contribution in [1.82, 2.24) is 14.9 Å². The van der Waals surface area contributed by atoms with Crippen molar-refractivity contribution < 1.29 is 19.1 Å². The second-order valence-electron chi connectivity index (χ2n) is 6.62. The van der Waals surface area contributed by atoms with E-state index in [1.54, 1.807) is 12.3 Å². The second kappa shape index (κ2) is 10.3. The van der Waals surface area contributed by atoms with Crippen LogP contribution in [0.3, 0.4) is 0 Å². The summed E-state index contributed by atoms with van der Waals surface area (Å²) in [5.74, 6) is -1.36. The van der Waals surface area contributed by atoms with Crippen LogP contribution in [0.2, 0.25) is 0 Å². The molecule has 0 spiro atoms. The number of nitrogens with zero attached hydrogens (tertiary/aromatic N) is 2. The van der Waals surface area contributed by atoms with Gasteiger partial charge in [-0.1, -0.05) is 26.3 Å². The molecule has 0 bridgehead atoms. The van der Waals surface area contributed by atoms with Crippen LogP contribution in [0.5, 0.6) is 0 Å². The third-order valence-electron chi connectivity index (χ3n) is 4.51. The van der Waals surface area contributed by atoms with E-state index in [0.717, 1.165) is 30.8 Å². The lowest BCUT2D eigenvalue weighted by Gasteiger charge is -2.14. The lowest BCUT2D eigenvalue weighted by atomic mass is 10.1. The highest BCUT2D eigenvalue weighted by Gasteiger charge is 2.16. The Morgan fingerprint density at radius 2 is 2.11 bits per heavy atom. The fraction of sp³-hybridized carbons (Fsp3) is 0.450. The molecule has 2 rings (SSSR count). The number of rotatable bonds is 10. The lowest BCUT2D eigenvalue weighted by molar-refractivity contribution is -0.120. The number of carbonyl (C=O) groups is 2. The molecule has 1 aromatic heterocycles. The summed E-state index contributed by atoms with van der Waals surface area (Å²) in [6.45, 7) is 4.62. The highest BCUT2D eigenvalue weighted by atomic mass is 32.1. The van der Waals surface area contributed by atoms with Crippen LogP contribution >= 0.6 is 12.6 Å². The summed E-state index contributed by atoms with van der Waals surface area (Å²) in [7, 11) is 0. The molecule has 0 aliphatic rings. The van der Waals surface area contributed by atoms with E-state index in [2.05, 4.69) is 29.9 Å². The number of carbonyl (C=O) groups excluding carboxylic acids is 1. The van der Waals surface area contributed by atoms with E-state index in [-0.39, 0.29) is 16.7 Å². The molecule has 2 N–H and O–H groups in total. The van der Waals surface area contributed by atoms with Gasteiger partial charge in [-0.25, -0.2) is 14.2 Å². The first-order valence-electron chi connectivity index (χ1n) is 9.38. The minimum atomic E-state index is -1.30. The first kappa shape index (κ1) is 21.9. The molecule has 1 amide bonds. The molecule has 1 unspecified atom stereocenters. The number of carboxylic acids is 1. The number of nitrogens with one attached hydrogen (secondary N) is 1. The number of aromatic nitrogens is 2. The number of aryl methyl sites for hydroxylation is 1. The van der Waals surface area contributed by atoms with Gasteiger partial charge in [-0.15, -0.1) is 0 Å². The number of halogens is 1. The molecule has 1 atom stereocenters. The van der Waals surface area contributed by atoms with E-state index in [0.29, 0.717) is 25.1 Å². The number of imidazole rings is 1. The van der Waals surface area contributed by atoms with Gasteiger partial charge in [-0.3, -0.25) is 4.79 Å². The molecule has 8 heteroatoms. The summed E-state index contributed by atoms with van der Waals surface area (Å²) in [5, 5.41) is 11.5. The molecule has 0 radical (unpaired) electrons. The van der Waals surface area contributed by atoms with Gasteiger partial charge < -0.3 is 15.0 Å². The quantitative estimate of drug-likeness (QED) is 0.527. The summed E-state index contributed by atoms with van der Waals surface area (Å²) in [6.07, 6.45) is 5.09. The Labute approximate surface area is 169 Å². The van der Waals surface area contributed by atoms with E-state index >= 15 is 0 Å². The van der Waals surface area contributed by atoms with Crippen molar-refractivity contribution in [2.75, 3.05) is 0 Å². The van der Waals surface area contributed by atoms with Gasteiger partial charge in [0.1, 0.15) is 11.6 Å². The number of benzene rings is 1. The number of hydrogen-bond donors (Lipinski definition) is 3. The maximum atomic E-state index is 14.0. The van der Waals surface area contributed by atoms with E-state index in [1.165, 1.54) is 12.1 Å². The molecule has 0 aliphatic carbocycles. The van der Waals surface area contributed by atoms with Gasteiger partial charge in [0.05, 0.1) is 29.2 Å². The van der Waals surface area contributed by atoms with Crippen molar-refractivity contribution in [2.24, 2.45) is 0 Å². The maximum absolute atomic E-state index is 14.0. The van der Waals surface area contributed by atoms with Gasteiger partial charge in [-0.2, -0.15) is 12.6 Å². The number of amides is 1. The fourth-order valence-electron chi connectivity index (χ4n) is 2.82. The molecule has 6 nitrogen and oxygen atoms in total. The Morgan fingerprint density at radius 1 is 1.36 bits per heavy atom. The monoisotopic (exact) mass is 407 g/mol. The minimum absolute atomic E-state index is 0.148. The van der Waals surface area contributed by atoms with Crippen LogP contribution in [-0.4, -0.2) is 31.8 Å². The highest BCUT2D eigenvalue weighted by molar-refractivity contribution is 7.81. The van der Waals surface area contributed by atoms with Crippen molar-refractivity contribution in [3.8, 4) is 0 Å². The number of aromatic carboxylic acids is 1. The Bertz CT molecular complexity index is 838. The first-order chi connectivity index (χ1) is 13.4. The van der Waals surface area contributed by atoms with E-state index in [4.69, 9.17) is 5.11 Å². The molecular weight excluding hydrogens is 381 g/mol. The molecular formula is C20H26FN3O3S. The van der Waals surface area contributed by atoms with Crippen molar-refractivity contribution >= 4 is 24.5 Å². The summed E-state index contributed by atoms with van der Waals surface area (Å²) in [5.41, 5.74) is 1.08. The van der Waals surface area contributed by atoms with Gasteiger partial charge in [0.2, 0.25) is 5.91 Å². The van der Waals surface area contributed by atoms with E-state index in [9.17, 15) is 14.0 Å². The summed E-state index contributed by atoms with van der Waals surface area (Å²) in [6, 6.07) is 4.10. The van der Waals surface area contributed by atoms with Crippen molar-refractivity contribution in [3.05, 3.63) is 52.9 Å². The zero-order chi connectivity index (χ0) is 20.7.